The van der Waals surface area contributed by atoms with Crippen molar-refractivity contribution in [3.8, 4) is 11.3 Å². The van der Waals surface area contributed by atoms with E-state index >= 15 is 0 Å². The second kappa shape index (κ2) is 3.14. The van der Waals surface area contributed by atoms with Gasteiger partial charge in [0.15, 0.2) is 0 Å². The van der Waals surface area contributed by atoms with Crippen molar-refractivity contribution >= 4 is 5.69 Å². The maximum Gasteiger partial charge on any atom is 0.0912 e. The molecule has 4 heteroatoms. The molecule has 0 unspecified atom stereocenters. The van der Waals surface area contributed by atoms with Crippen LogP contribution in [0.5, 0.6) is 0 Å². The van der Waals surface area contributed by atoms with Crippen LogP contribution in [0.15, 0.2) is 24.7 Å². The fourth-order valence-electron chi connectivity index (χ4n) is 1.52. The predicted octanol–water partition coefficient (Wildman–Crippen LogP) is 1.37. The van der Waals surface area contributed by atoms with Crippen molar-refractivity contribution in [3.63, 3.8) is 0 Å². The Morgan fingerprint density at radius 2 is 2.14 bits per heavy atom. The lowest BCUT2D eigenvalue weighted by atomic mass is 10.1. The van der Waals surface area contributed by atoms with E-state index < -0.39 is 0 Å². The second-order valence-corrected chi connectivity index (χ2v) is 3.26. The molecule has 2 heterocycles. The number of nitrogen functional groups attached to an aromatic ring is 1. The SMILES string of the molecule is Cc1cnccc1-c1c(N)cnn1C. The van der Waals surface area contributed by atoms with Gasteiger partial charge in [0.05, 0.1) is 17.6 Å². The summed E-state index contributed by atoms with van der Waals surface area (Å²) < 4.78 is 1.78. The lowest BCUT2D eigenvalue weighted by molar-refractivity contribution is 0.775. The average molecular weight is 188 g/mol. The van der Waals surface area contributed by atoms with Gasteiger partial charge in [-0.3, -0.25) is 9.67 Å². The Morgan fingerprint density at radius 3 is 2.71 bits per heavy atom. The molecule has 0 spiro atoms. The lowest BCUT2D eigenvalue weighted by Gasteiger charge is -2.06. The maximum absolute atomic E-state index is 5.84. The molecule has 4 nitrogen and oxygen atoms in total. The minimum atomic E-state index is 0.696. The summed E-state index contributed by atoms with van der Waals surface area (Å²) in [4.78, 5) is 4.04. The Labute approximate surface area is 82.4 Å². The molecule has 0 amide bonds. The highest BCUT2D eigenvalue weighted by Crippen LogP contribution is 2.26. The molecule has 72 valence electrons. The van der Waals surface area contributed by atoms with Gasteiger partial charge < -0.3 is 5.73 Å². The van der Waals surface area contributed by atoms with Crippen molar-refractivity contribution in [2.75, 3.05) is 5.73 Å². The van der Waals surface area contributed by atoms with E-state index in [-0.39, 0.29) is 0 Å². The third-order valence-electron chi connectivity index (χ3n) is 2.24. The van der Waals surface area contributed by atoms with Gasteiger partial charge in [-0.25, -0.2) is 0 Å². The molecule has 0 atom stereocenters. The van der Waals surface area contributed by atoms with Gasteiger partial charge >= 0.3 is 0 Å². The smallest absolute Gasteiger partial charge is 0.0912 e. The van der Waals surface area contributed by atoms with Crippen molar-refractivity contribution in [3.05, 3.63) is 30.2 Å². The second-order valence-electron chi connectivity index (χ2n) is 3.26. The number of hydrogen-bond acceptors (Lipinski definition) is 3. The maximum atomic E-state index is 5.84. The van der Waals surface area contributed by atoms with Crippen molar-refractivity contribution in [2.45, 2.75) is 6.92 Å². The highest BCUT2D eigenvalue weighted by atomic mass is 15.3. The quantitative estimate of drug-likeness (QED) is 0.735. The van der Waals surface area contributed by atoms with Crippen LogP contribution in [0.4, 0.5) is 5.69 Å². The molecular formula is C10H12N4. The van der Waals surface area contributed by atoms with E-state index in [0.717, 1.165) is 16.8 Å². The van der Waals surface area contributed by atoms with Crippen molar-refractivity contribution in [2.24, 2.45) is 7.05 Å². The molecule has 0 bridgehead atoms. The molecule has 14 heavy (non-hydrogen) atoms. The van der Waals surface area contributed by atoms with Crippen LogP contribution in [0.3, 0.4) is 0 Å². The Bertz CT molecular complexity index is 439. The fourth-order valence-corrected chi connectivity index (χ4v) is 1.52. The van der Waals surface area contributed by atoms with Gasteiger partial charge in [-0.05, 0) is 18.6 Å². The first-order valence-corrected chi connectivity index (χ1v) is 4.38. The van der Waals surface area contributed by atoms with Crippen molar-refractivity contribution in [1.29, 1.82) is 0 Å². The Kier molecular flexibility index (Phi) is 1.96. The first-order valence-electron chi connectivity index (χ1n) is 4.38. The summed E-state index contributed by atoms with van der Waals surface area (Å²) in [5.41, 5.74) is 9.66. The van der Waals surface area contributed by atoms with Crippen LogP contribution in [0.2, 0.25) is 0 Å². The number of nitrogens with two attached hydrogens (primary N) is 1. The van der Waals surface area contributed by atoms with Gasteiger partial charge in [0.25, 0.3) is 0 Å². The van der Waals surface area contributed by atoms with Crippen LogP contribution in [-0.4, -0.2) is 14.8 Å². The van der Waals surface area contributed by atoms with Crippen LogP contribution in [-0.2, 0) is 7.05 Å². The lowest BCUT2D eigenvalue weighted by Crippen LogP contribution is -1.97. The van der Waals surface area contributed by atoms with Gasteiger partial charge in [0.1, 0.15) is 0 Å². The zero-order valence-electron chi connectivity index (χ0n) is 8.23. The molecule has 0 aliphatic heterocycles. The molecule has 2 N–H and O–H groups in total. The molecule has 0 fully saturated rings. The monoisotopic (exact) mass is 188 g/mol. The summed E-state index contributed by atoms with van der Waals surface area (Å²) in [7, 11) is 1.88. The highest BCUT2D eigenvalue weighted by Gasteiger charge is 2.09. The number of anilines is 1. The van der Waals surface area contributed by atoms with Crippen LogP contribution in [0.25, 0.3) is 11.3 Å². The number of rotatable bonds is 1. The van der Waals surface area contributed by atoms with Crippen LogP contribution < -0.4 is 5.73 Å². The predicted molar refractivity (Wildman–Crippen MR) is 55.6 cm³/mol. The van der Waals surface area contributed by atoms with Gasteiger partial charge in [-0.1, -0.05) is 0 Å². The van der Waals surface area contributed by atoms with Gasteiger partial charge in [0, 0.05) is 25.0 Å². The molecule has 0 saturated carbocycles. The minimum Gasteiger partial charge on any atom is -0.396 e. The number of aromatic nitrogens is 3. The molecule has 0 saturated heterocycles. The van der Waals surface area contributed by atoms with Crippen molar-refractivity contribution in [1.82, 2.24) is 14.8 Å². The highest BCUT2D eigenvalue weighted by molar-refractivity contribution is 5.74. The topological polar surface area (TPSA) is 56.7 Å². The summed E-state index contributed by atoms with van der Waals surface area (Å²) in [6.07, 6.45) is 5.24. The first kappa shape index (κ1) is 8.74. The van der Waals surface area contributed by atoms with E-state index in [9.17, 15) is 0 Å². The zero-order chi connectivity index (χ0) is 10.1. The average Bonchev–Trinajstić information content (AvgIpc) is 2.48. The summed E-state index contributed by atoms with van der Waals surface area (Å²) in [5.74, 6) is 0. The molecular weight excluding hydrogens is 176 g/mol. The first-order chi connectivity index (χ1) is 6.70. The van der Waals surface area contributed by atoms with Gasteiger partial charge in [-0.15, -0.1) is 0 Å². The third-order valence-corrected chi connectivity index (χ3v) is 2.24. The Morgan fingerprint density at radius 1 is 1.36 bits per heavy atom. The van der Waals surface area contributed by atoms with E-state index in [4.69, 9.17) is 5.73 Å². The standard InChI is InChI=1S/C10H12N4/c1-7-5-12-4-3-8(7)10-9(11)6-13-14(10)2/h3-6H,11H2,1-2H3. The van der Waals surface area contributed by atoms with Crippen LogP contribution in [0.1, 0.15) is 5.56 Å². The molecule has 2 rings (SSSR count). The van der Waals surface area contributed by atoms with Crippen molar-refractivity contribution < 1.29 is 0 Å². The Balaban J connectivity index is 2.66. The number of pyridine rings is 1. The normalized spacial score (nSPS) is 10.4. The fraction of sp³-hybridized carbons (Fsp3) is 0.200. The molecule has 2 aromatic rings. The molecule has 0 aliphatic rings. The molecule has 0 aliphatic carbocycles. The van der Waals surface area contributed by atoms with E-state index in [1.54, 1.807) is 17.1 Å². The van der Waals surface area contributed by atoms with E-state index in [1.807, 2.05) is 26.2 Å². The van der Waals surface area contributed by atoms with Gasteiger partial charge in [-0.2, -0.15) is 5.10 Å². The number of nitrogens with zero attached hydrogens (tertiary/aromatic N) is 3. The van der Waals surface area contributed by atoms with Gasteiger partial charge in [0.2, 0.25) is 0 Å². The molecule has 0 radical (unpaired) electrons. The Hall–Kier alpha value is -1.84. The van der Waals surface area contributed by atoms with Crippen LogP contribution >= 0.6 is 0 Å². The number of hydrogen-bond donors (Lipinski definition) is 1. The van der Waals surface area contributed by atoms with E-state index in [0.29, 0.717) is 5.69 Å². The number of aryl methyl sites for hydroxylation is 2. The van der Waals surface area contributed by atoms with Crippen LogP contribution in [0, 0.1) is 6.92 Å². The third kappa shape index (κ3) is 1.25. The molecule has 0 aromatic carbocycles. The largest absolute Gasteiger partial charge is 0.396 e. The molecule has 2 aromatic heterocycles. The summed E-state index contributed by atoms with van der Waals surface area (Å²) in [5, 5.41) is 4.10. The van der Waals surface area contributed by atoms with E-state index in [2.05, 4.69) is 10.1 Å². The minimum absolute atomic E-state index is 0.696. The van der Waals surface area contributed by atoms with E-state index in [1.165, 1.54) is 0 Å². The zero-order valence-corrected chi connectivity index (χ0v) is 8.23. The summed E-state index contributed by atoms with van der Waals surface area (Å²) in [6, 6.07) is 1.95. The summed E-state index contributed by atoms with van der Waals surface area (Å²) >= 11 is 0. The summed E-state index contributed by atoms with van der Waals surface area (Å²) in [6.45, 7) is 2.01.